The van der Waals surface area contributed by atoms with E-state index in [4.69, 9.17) is 5.11 Å². The zero-order valence-electron chi connectivity index (χ0n) is 11.2. The molecule has 0 radical (unpaired) electrons. The summed E-state index contributed by atoms with van der Waals surface area (Å²) in [7, 11) is 0. The molecule has 1 aromatic carbocycles. The number of benzene rings is 1. The third kappa shape index (κ3) is 2.83. The van der Waals surface area contributed by atoms with Crippen LogP contribution in [0, 0.1) is 13.8 Å². The number of hydrogen-bond donors (Lipinski definition) is 2. The number of carbonyl (C=O) groups is 2. The summed E-state index contributed by atoms with van der Waals surface area (Å²) in [5, 5.41) is 11.5. The van der Waals surface area contributed by atoms with E-state index in [1.165, 1.54) is 18.3 Å². The number of carbonyl (C=O) groups excluding carboxylic acids is 1. The van der Waals surface area contributed by atoms with Gasteiger partial charge in [-0.2, -0.15) is 0 Å². The van der Waals surface area contributed by atoms with Crippen LogP contribution in [0.4, 0.5) is 5.69 Å². The van der Waals surface area contributed by atoms with Crippen molar-refractivity contribution in [2.75, 3.05) is 5.32 Å². The van der Waals surface area contributed by atoms with Gasteiger partial charge in [0.1, 0.15) is 5.69 Å². The Labute approximate surface area is 116 Å². The molecule has 2 N–H and O–H groups in total. The SMILES string of the molecule is Cc1cccc(NC(=O)c2ccc(C(=O)O)cn2)c1C. The van der Waals surface area contributed by atoms with Gasteiger partial charge in [0.15, 0.2) is 0 Å². The summed E-state index contributed by atoms with van der Waals surface area (Å²) in [6.45, 7) is 3.89. The van der Waals surface area contributed by atoms with Gasteiger partial charge in [-0.1, -0.05) is 12.1 Å². The van der Waals surface area contributed by atoms with Crippen LogP contribution >= 0.6 is 0 Å². The fourth-order valence-electron chi connectivity index (χ4n) is 1.73. The van der Waals surface area contributed by atoms with Crippen LogP contribution in [-0.2, 0) is 0 Å². The number of nitrogens with one attached hydrogen (secondary N) is 1. The van der Waals surface area contributed by atoms with Crippen molar-refractivity contribution in [1.29, 1.82) is 0 Å². The lowest BCUT2D eigenvalue weighted by atomic mass is 10.1. The van der Waals surface area contributed by atoms with Gasteiger partial charge in [0.2, 0.25) is 0 Å². The number of carboxylic acid groups (broad SMARTS) is 1. The standard InChI is InChI=1S/C15H14N2O3/c1-9-4-3-5-12(10(9)2)17-14(18)13-7-6-11(8-16-13)15(19)20/h3-8H,1-2H3,(H,17,18)(H,19,20). The molecule has 0 aliphatic heterocycles. The summed E-state index contributed by atoms with van der Waals surface area (Å²) in [6, 6.07) is 8.38. The molecule has 0 saturated carbocycles. The number of pyridine rings is 1. The average Bonchev–Trinajstić information content (AvgIpc) is 2.44. The topological polar surface area (TPSA) is 79.3 Å². The molecular weight excluding hydrogens is 256 g/mol. The highest BCUT2D eigenvalue weighted by molar-refractivity contribution is 6.03. The molecule has 102 valence electrons. The largest absolute Gasteiger partial charge is 0.478 e. The van der Waals surface area contributed by atoms with Crippen molar-refractivity contribution < 1.29 is 14.7 Å². The third-order valence-electron chi connectivity index (χ3n) is 3.10. The van der Waals surface area contributed by atoms with Crippen molar-refractivity contribution in [2.45, 2.75) is 13.8 Å². The van der Waals surface area contributed by atoms with Crippen molar-refractivity contribution in [1.82, 2.24) is 4.98 Å². The Morgan fingerprint density at radius 3 is 2.50 bits per heavy atom. The van der Waals surface area contributed by atoms with Crippen molar-refractivity contribution >= 4 is 17.6 Å². The van der Waals surface area contributed by atoms with Crippen molar-refractivity contribution in [3.05, 3.63) is 58.9 Å². The molecule has 20 heavy (non-hydrogen) atoms. The van der Waals surface area contributed by atoms with Gasteiger partial charge in [0, 0.05) is 11.9 Å². The average molecular weight is 270 g/mol. The summed E-state index contributed by atoms with van der Waals surface area (Å²) in [4.78, 5) is 26.6. The molecule has 1 aromatic heterocycles. The van der Waals surface area contributed by atoms with Crippen LogP contribution in [0.3, 0.4) is 0 Å². The number of aromatic carboxylic acids is 1. The molecule has 0 bridgehead atoms. The van der Waals surface area contributed by atoms with Crippen LogP contribution in [-0.4, -0.2) is 22.0 Å². The predicted octanol–water partition coefficient (Wildman–Crippen LogP) is 2.65. The second-order valence-corrected chi connectivity index (χ2v) is 4.44. The van der Waals surface area contributed by atoms with E-state index in [0.717, 1.165) is 16.8 Å². The Morgan fingerprint density at radius 1 is 1.15 bits per heavy atom. The molecule has 0 saturated heterocycles. The molecule has 0 aliphatic carbocycles. The maximum atomic E-state index is 12.0. The minimum absolute atomic E-state index is 0.0493. The number of hydrogen-bond acceptors (Lipinski definition) is 3. The van der Waals surface area contributed by atoms with Gasteiger partial charge in [-0.3, -0.25) is 9.78 Å². The van der Waals surface area contributed by atoms with Crippen molar-refractivity contribution in [3.8, 4) is 0 Å². The fraction of sp³-hybridized carbons (Fsp3) is 0.133. The minimum atomic E-state index is -1.07. The van der Waals surface area contributed by atoms with E-state index in [2.05, 4.69) is 10.3 Å². The van der Waals surface area contributed by atoms with Crippen molar-refractivity contribution in [3.63, 3.8) is 0 Å². The van der Waals surface area contributed by atoms with E-state index in [-0.39, 0.29) is 17.2 Å². The molecule has 0 atom stereocenters. The summed E-state index contributed by atoms with van der Waals surface area (Å²) in [5.41, 5.74) is 3.02. The summed E-state index contributed by atoms with van der Waals surface area (Å²) < 4.78 is 0. The van der Waals surface area contributed by atoms with Crippen molar-refractivity contribution in [2.24, 2.45) is 0 Å². The lowest BCUT2D eigenvalue weighted by Crippen LogP contribution is -2.15. The summed E-state index contributed by atoms with van der Waals surface area (Å²) >= 11 is 0. The normalized spacial score (nSPS) is 10.1. The Balaban J connectivity index is 2.20. The second-order valence-electron chi connectivity index (χ2n) is 4.44. The Bertz CT molecular complexity index is 663. The summed E-state index contributed by atoms with van der Waals surface area (Å²) in [6.07, 6.45) is 1.17. The van der Waals surface area contributed by atoms with E-state index in [1.54, 1.807) is 0 Å². The predicted molar refractivity (Wildman–Crippen MR) is 75.1 cm³/mol. The van der Waals surface area contributed by atoms with Crippen LogP contribution in [0.5, 0.6) is 0 Å². The lowest BCUT2D eigenvalue weighted by Gasteiger charge is -2.09. The first-order valence-electron chi connectivity index (χ1n) is 6.06. The van der Waals surface area contributed by atoms with Gasteiger partial charge >= 0.3 is 5.97 Å². The number of anilines is 1. The summed E-state index contributed by atoms with van der Waals surface area (Å²) in [5.74, 6) is -1.44. The van der Waals surface area contributed by atoms with E-state index in [9.17, 15) is 9.59 Å². The van der Waals surface area contributed by atoms with Crippen LogP contribution < -0.4 is 5.32 Å². The Morgan fingerprint density at radius 2 is 1.90 bits per heavy atom. The second kappa shape index (κ2) is 5.52. The van der Waals surface area contributed by atoms with E-state index < -0.39 is 5.97 Å². The number of nitrogens with zero attached hydrogens (tertiary/aromatic N) is 1. The molecule has 0 spiro atoms. The highest BCUT2D eigenvalue weighted by Gasteiger charge is 2.11. The van der Waals surface area contributed by atoms with Crippen LogP contribution in [0.1, 0.15) is 32.0 Å². The Hall–Kier alpha value is -2.69. The van der Waals surface area contributed by atoms with Gasteiger partial charge in [0.25, 0.3) is 5.91 Å². The van der Waals surface area contributed by atoms with Crippen LogP contribution in [0.25, 0.3) is 0 Å². The van der Waals surface area contributed by atoms with Crippen LogP contribution in [0.15, 0.2) is 36.5 Å². The molecule has 1 heterocycles. The molecule has 0 fully saturated rings. The molecular formula is C15H14N2O3. The van der Waals surface area contributed by atoms with E-state index in [1.807, 2.05) is 32.0 Å². The van der Waals surface area contributed by atoms with E-state index in [0.29, 0.717) is 0 Å². The number of carboxylic acids is 1. The number of aromatic nitrogens is 1. The highest BCUT2D eigenvalue weighted by Crippen LogP contribution is 2.18. The zero-order chi connectivity index (χ0) is 14.7. The van der Waals surface area contributed by atoms with E-state index >= 15 is 0 Å². The molecule has 5 nitrogen and oxygen atoms in total. The molecule has 5 heteroatoms. The number of amides is 1. The lowest BCUT2D eigenvalue weighted by molar-refractivity contribution is 0.0696. The van der Waals surface area contributed by atoms with Gasteiger partial charge in [-0.05, 0) is 43.2 Å². The van der Waals surface area contributed by atoms with Gasteiger partial charge < -0.3 is 10.4 Å². The quantitative estimate of drug-likeness (QED) is 0.898. The zero-order valence-corrected chi connectivity index (χ0v) is 11.2. The smallest absolute Gasteiger partial charge is 0.337 e. The molecule has 2 aromatic rings. The first-order valence-corrected chi connectivity index (χ1v) is 6.06. The molecule has 1 amide bonds. The monoisotopic (exact) mass is 270 g/mol. The maximum Gasteiger partial charge on any atom is 0.337 e. The van der Waals surface area contributed by atoms with Gasteiger partial charge in [0.05, 0.1) is 5.56 Å². The molecule has 0 aliphatic rings. The molecule has 2 rings (SSSR count). The third-order valence-corrected chi connectivity index (χ3v) is 3.10. The number of aryl methyl sites for hydroxylation is 1. The molecule has 0 unspecified atom stereocenters. The van der Waals surface area contributed by atoms with Crippen LogP contribution in [0.2, 0.25) is 0 Å². The Kier molecular flexibility index (Phi) is 3.79. The fourth-order valence-corrected chi connectivity index (χ4v) is 1.73. The maximum absolute atomic E-state index is 12.0. The van der Waals surface area contributed by atoms with Gasteiger partial charge in [-0.25, -0.2) is 4.79 Å². The minimum Gasteiger partial charge on any atom is -0.478 e. The van der Waals surface area contributed by atoms with Gasteiger partial charge in [-0.15, -0.1) is 0 Å². The first kappa shape index (κ1) is 13.7. The number of rotatable bonds is 3. The first-order chi connectivity index (χ1) is 9.49. The highest BCUT2D eigenvalue weighted by atomic mass is 16.4.